The molecule has 0 unspecified atom stereocenters. The molecule has 0 aromatic carbocycles. The number of hydrogen-bond donors (Lipinski definition) is 2. The largest absolute Gasteiger partial charge is 0.308 e. The van der Waals surface area contributed by atoms with Crippen LogP contribution in [0, 0.1) is 13.8 Å². The van der Waals surface area contributed by atoms with E-state index in [0.29, 0.717) is 12.4 Å². The Bertz CT molecular complexity index is 490. The number of nitrogens with two attached hydrogens (primary N) is 1. The molecule has 6 heteroatoms. The summed E-state index contributed by atoms with van der Waals surface area (Å²) in [6, 6.07) is 5.64. The third-order valence-corrected chi connectivity index (χ3v) is 2.23. The van der Waals surface area contributed by atoms with Gasteiger partial charge in [-0.25, -0.2) is 20.5 Å². The second-order valence-electron chi connectivity index (χ2n) is 3.52. The highest BCUT2D eigenvalue weighted by Gasteiger charge is 2.04. The monoisotopic (exact) mass is 218 g/mol. The zero-order valence-corrected chi connectivity index (χ0v) is 9.31. The van der Waals surface area contributed by atoms with Crippen molar-refractivity contribution < 1.29 is 0 Å². The van der Waals surface area contributed by atoms with Crippen molar-refractivity contribution >= 4 is 5.82 Å². The van der Waals surface area contributed by atoms with Crippen LogP contribution in [-0.2, 0) is 6.54 Å². The highest BCUT2D eigenvalue weighted by molar-refractivity contribution is 5.33. The van der Waals surface area contributed by atoms with E-state index in [0.717, 1.165) is 17.3 Å². The molecule has 0 saturated carbocycles. The van der Waals surface area contributed by atoms with E-state index in [1.165, 1.54) is 0 Å². The topological polar surface area (TPSA) is 81.7 Å². The molecule has 2 aromatic heterocycles. The summed E-state index contributed by atoms with van der Waals surface area (Å²) < 4.78 is 1.82. The minimum atomic E-state index is 0.599. The van der Waals surface area contributed by atoms with Gasteiger partial charge in [0.25, 0.3) is 0 Å². The van der Waals surface area contributed by atoms with Crippen molar-refractivity contribution in [2.75, 3.05) is 5.43 Å². The van der Waals surface area contributed by atoms with Crippen molar-refractivity contribution in [3.05, 3.63) is 35.5 Å². The lowest BCUT2D eigenvalue weighted by Gasteiger charge is -2.04. The zero-order chi connectivity index (χ0) is 11.5. The molecule has 2 rings (SSSR count). The molecule has 0 bridgehead atoms. The zero-order valence-electron chi connectivity index (χ0n) is 9.31. The number of nitrogens with one attached hydrogen (secondary N) is 1. The van der Waals surface area contributed by atoms with Crippen LogP contribution in [0.2, 0.25) is 0 Å². The number of hydrazine groups is 1. The van der Waals surface area contributed by atoms with Gasteiger partial charge in [-0.05, 0) is 26.0 Å². The van der Waals surface area contributed by atoms with Gasteiger partial charge in [0.2, 0.25) is 0 Å². The Morgan fingerprint density at radius 1 is 1.31 bits per heavy atom. The molecule has 0 atom stereocenters. The molecular formula is C10H14N6. The first-order valence-electron chi connectivity index (χ1n) is 4.99. The first-order valence-corrected chi connectivity index (χ1v) is 4.99. The second-order valence-corrected chi connectivity index (χ2v) is 3.52. The Hall–Kier alpha value is -1.95. The van der Waals surface area contributed by atoms with Crippen LogP contribution in [0.3, 0.4) is 0 Å². The second kappa shape index (κ2) is 4.28. The predicted molar refractivity (Wildman–Crippen MR) is 60.6 cm³/mol. The van der Waals surface area contributed by atoms with E-state index in [-0.39, 0.29) is 0 Å². The van der Waals surface area contributed by atoms with Crippen LogP contribution >= 0.6 is 0 Å². The van der Waals surface area contributed by atoms with Crippen LogP contribution in [0.15, 0.2) is 18.2 Å². The maximum absolute atomic E-state index is 5.30. The average molecular weight is 218 g/mol. The summed E-state index contributed by atoms with van der Waals surface area (Å²) >= 11 is 0. The van der Waals surface area contributed by atoms with Gasteiger partial charge in [0.15, 0.2) is 0 Å². The van der Waals surface area contributed by atoms with Crippen molar-refractivity contribution in [3.63, 3.8) is 0 Å². The van der Waals surface area contributed by atoms with Crippen molar-refractivity contribution in [2.45, 2.75) is 20.4 Å². The summed E-state index contributed by atoms with van der Waals surface area (Å²) in [6.45, 7) is 4.39. The molecule has 0 spiro atoms. The van der Waals surface area contributed by atoms with E-state index in [9.17, 15) is 0 Å². The predicted octanol–water partition coefficient (Wildman–Crippen LogP) is 0.624. The lowest BCUT2D eigenvalue weighted by atomic mass is 10.3. The molecule has 6 nitrogen and oxygen atoms in total. The Balaban J connectivity index is 2.23. The summed E-state index contributed by atoms with van der Waals surface area (Å²) in [6.07, 6.45) is 0. The molecule has 0 aliphatic carbocycles. The maximum atomic E-state index is 5.30. The van der Waals surface area contributed by atoms with Gasteiger partial charge in [0, 0.05) is 0 Å². The lowest BCUT2D eigenvalue weighted by Crippen LogP contribution is -2.11. The number of anilines is 1. The Morgan fingerprint density at radius 3 is 2.75 bits per heavy atom. The molecule has 0 fully saturated rings. The average Bonchev–Trinajstić information content (AvgIpc) is 2.58. The fraction of sp³-hybridized carbons (Fsp3) is 0.300. The molecule has 16 heavy (non-hydrogen) atoms. The van der Waals surface area contributed by atoms with E-state index < -0.39 is 0 Å². The Kier molecular flexibility index (Phi) is 2.82. The van der Waals surface area contributed by atoms with E-state index in [1.54, 1.807) is 0 Å². The molecule has 84 valence electrons. The van der Waals surface area contributed by atoms with E-state index in [4.69, 9.17) is 5.84 Å². The summed E-state index contributed by atoms with van der Waals surface area (Å²) in [4.78, 5) is 8.55. The third-order valence-electron chi connectivity index (χ3n) is 2.23. The first-order chi connectivity index (χ1) is 7.69. The van der Waals surface area contributed by atoms with Gasteiger partial charge < -0.3 is 5.43 Å². The highest BCUT2D eigenvalue weighted by Crippen LogP contribution is 2.06. The van der Waals surface area contributed by atoms with Crippen LogP contribution < -0.4 is 11.3 Å². The number of aromatic nitrogens is 4. The van der Waals surface area contributed by atoms with Gasteiger partial charge in [0.1, 0.15) is 17.5 Å². The Morgan fingerprint density at radius 2 is 2.12 bits per heavy atom. The fourth-order valence-electron chi connectivity index (χ4n) is 1.51. The summed E-state index contributed by atoms with van der Waals surface area (Å²) in [5.41, 5.74) is 3.41. The summed E-state index contributed by atoms with van der Waals surface area (Å²) in [7, 11) is 0. The minimum absolute atomic E-state index is 0.599. The SMILES string of the molecule is Cc1nc(C)n(Cc2cccc(NN)n2)n1. The van der Waals surface area contributed by atoms with Crippen molar-refractivity contribution in [1.29, 1.82) is 0 Å². The molecule has 0 aliphatic rings. The molecule has 2 aromatic rings. The third kappa shape index (κ3) is 2.17. The molecular weight excluding hydrogens is 204 g/mol. The normalized spacial score (nSPS) is 10.4. The number of aryl methyl sites for hydroxylation is 2. The number of nitrogen functional groups attached to an aromatic ring is 1. The number of pyridine rings is 1. The van der Waals surface area contributed by atoms with Gasteiger partial charge in [0.05, 0.1) is 12.2 Å². The van der Waals surface area contributed by atoms with Crippen LogP contribution in [0.4, 0.5) is 5.82 Å². The molecule has 2 heterocycles. The Labute approximate surface area is 93.5 Å². The molecule has 0 amide bonds. The van der Waals surface area contributed by atoms with Gasteiger partial charge in [-0.15, -0.1) is 0 Å². The van der Waals surface area contributed by atoms with Crippen LogP contribution in [-0.4, -0.2) is 19.7 Å². The molecule has 0 saturated heterocycles. The fourth-order valence-corrected chi connectivity index (χ4v) is 1.51. The molecule has 3 N–H and O–H groups in total. The van der Waals surface area contributed by atoms with Gasteiger partial charge >= 0.3 is 0 Å². The standard InChI is InChI=1S/C10H14N6/c1-7-12-8(2)16(15-7)6-9-4-3-5-10(13-9)14-11/h3-5H,6,11H2,1-2H3,(H,13,14). The van der Waals surface area contributed by atoms with E-state index in [1.807, 2.05) is 36.7 Å². The first kappa shape index (κ1) is 10.6. The number of rotatable bonds is 3. The van der Waals surface area contributed by atoms with Gasteiger partial charge in [-0.3, -0.25) is 0 Å². The quantitative estimate of drug-likeness (QED) is 0.583. The van der Waals surface area contributed by atoms with Crippen molar-refractivity contribution in [2.24, 2.45) is 5.84 Å². The van der Waals surface area contributed by atoms with Gasteiger partial charge in [-0.2, -0.15) is 5.10 Å². The van der Waals surface area contributed by atoms with Crippen LogP contribution in [0.5, 0.6) is 0 Å². The molecule has 0 radical (unpaired) electrons. The lowest BCUT2D eigenvalue weighted by molar-refractivity contribution is 0.644. The van der Waals surface area contributed by atoms with E-state index in [2.05, 4.69) is 20.5 Å². The van der Waals surface area contributed by atoms with Crippen molar-refractivity contribution in [3.8, 4) is 0 Å². The maximum Gasteiger partial charge on any atom is 0.147 e. The van der Waals surface area contributed by atoms with Gasteiger partial charge in [-0.1, -0.05) is 6.07 Å². The molecule has 0 aliphatic heterocycles. The smallest absolute Gasteiger partial charge is 0.147 e. The minimum Gasteiger partial charge on any atom is -0.308 e. The summed E-state index contributed by atoms with van der Waals surface area (Å²) in [5.74, 6) is 7.59. The highest BCUT2D eigenvalue weighted by atomic mass is 15.3. The van der Waals surface area contributed by atoms with Crippen molar-refractivity contribution in [1.82, 2.24) is 19.7 Å². The van der Waals surface area contributed by atoms with E-state index >= 15 is 0 Å². The number of nitrogens with zero attached hydrogens (tertiary/aromatic N) is 4. The van der Waals surface area contributed by atoms with Crippen LogP contribution in [0.1, 0.15) is 17.3 Å². The summed E-state index contributed by atoms with van der Waals surface area (Å²) in [5, 5.41) is 4.27. The number of hydrogen-bond acceptors (Lipinski definition) is 5. The van der Waals surface area contributed by atoms with Crippen LogP contribution in [0.25, 0.3) is 0 Å².